The second-order valence-corrected chi connectivity index (χ2v) is 11.8. The fourth-order valence-corrected chi connectivity index (χ4v) is 6.84. The number of benzene rings is 2. The Morgan fingerprint density at radius 1 is 0.932 bits per heavy atom. The van der Waals surface area contributed by atoms with Crippen molar-refractivity contribution in [1.29, 1.82) is 0 Å². The zero-order chi connectivity index (χ0) is 30.8. The third kappa shape index (κ3) is 5.93. The number of nitrogens with zero attached hydrogens (tertiary/aromatic N) is 3. The maximum atomic E-state index is 13.6. The third-order valence-corrected chi connectivity index (χ3v) is 9.07. The number of carbonyl (C=O) groups is 3. The first-order chi connectivity index (χ1) is 21.3. The standard InChI is InChI=1S/C34H38N4O6/c1-3-44-34(42)24-13-15-36(16-14-24)33(41)25-9-12-30(28(18-25)35-32(40)23-7-10-27(43-2)11-8-23)37-19-22-17-26(21-37)29-5-4-6-31(39)38(29)20-22/h4-12,18,22,24,26H,3,13-17,19-21H2,1-2H3,(H,35,40). The number of ether oxygens (including phenoxy) is 2. The van der Waals surface area contributed by atoms with E-state index in [4.69, 9.17) is 9.47 Å². The molecule has 4 heterocycles. The van der Waals surface area contributed by atoms with E-state index in [1.54, 1.807) is 55.3 Å². The van der Waals surface area contributed by atoms with E-state index in [0.717, 1.165) is 24.3 Å². The number of pyridine rings is 1. The van der Waals surface area contributed by atoms with Gasteiger partial charge in [0.1, 0.15) is 5.75 Å². The summed E-state index contributed by atoms with van der Waals surface area (Å²) < 4.78 is 12.3. The molecule has 44 heavy (non-hydrogen) atoms. The number of hydrogen-bond donors (Lipinski definition) is 1. The topological polar surface area (TPSA) is 110 Å². The minimum atomic E-state index is -0.289. The van der Waals surface area contributed by atoms with E-state index in [2.05, 4.69) is 10.2 Å². The molecule has 0 aliphatic carbocycles. The van der Waals surface area contributed by atoms with Crippen LogP contribution in [-0.4, -0.2) is 67.1 Å². The molecule has 2 unspecified atom stereocenters. The normalized spacial score (nSPS) is 19.6. The van der Waals surface area contributed by atoms with Crippen molar-refractivity contribution in [2.45, 2.75) is 38.6 Å². The molecular formula is C34H38N4O6. The summed E-state index contributed by atoms with van der Waals surface area (Å²) in [7, 11) is 1.58. The lowest BCUT2D eigenvalue weighted by Gasteiger charge is -2.44. The Balaban J connectivity index is 1.27. The number of fused-ring (bicyclic) bond motifs is 4. The Morgan fingerprint density at radius 3 is 2.41 bits per heavy atom. The predicted octanol–water partition coefficient (Wildman–Crippen LogP) is 4.15. The molecule has 2 atom stereocenters. The van der Waals surface area contributed by atoms with Gasteiger partial charge in [0.2, 0.25) is 0 Å². The summed E-state index contributed by atoms with van der Waals surface area (Å²) in [5.41, 5.74) is 3.42. The van der Waals surface area contributed by atoms with Crippen molar-refractivity contribution in [2.75, 3.05) is 50.1 Å². The zero-order valence-corrected chi connectivity index (χ0v) is 25.2. The monoisotopic (exact) mass is 598 g/mol. The van der Waals surface area contributed by atoms with Crippen LogP contribution in [0.25, 0.3) is 0 Å². The van der Waals surface area contributed by atoms with Gasteiger partial charge < -0.3 is 29.2 Å². The van der Waals surface area contributed by atoms with E-state index >= 15 is 0 Å². The summed E-state index contributed by atoms with van der Waals surface area (Å²) in [5, 5.41) is 3.08. The maximum absolute atomic E-state index is 13.6. The molecule has 0 saturated carbocycles. The molecule has 10 nitrogen and oxygen atoms in total. The Bertz CT molecular complexity index is 1610. The highest BCUT2D eigenvalue weighted by molar-refractivity contribution is 6.07. The van der Waals surface area contributed by atoms with Crippen LogP contribution in [-0.2, 0) is 16.1 Å². The Kier molecular flexibility index (Phi) is 8.41. The van der Waals surface area contributed by atoms with E-state index in [-0.39, 0.29) is 41.1 Å². The summed E-state index contributed by atoms with van der Waals surface area (Å²) in [6, 6.07) is 17.9. The predicted molar refractivity (Wildman–Crippen MR) is 166 cm³/mol. The number of carbonyl (C=O) groups excluding carboxylic acids is 3. The molecule has 2 amide bonds. The van der Waals surface area contributed by atoms with Gasteiger partial charge >= 0.3 is 5.97 Å². The number of rotatable bonds is 7. The molecule has 2 bridgehead atoms. The first-order valence-electron chi connectivity index (χ1n) is 15.3. The summed E-state index contributed by atoms with van der Waals surface area (Å²) in [6.07, 6.45) is 2.13. The van der Waals surface area contributed by atoms with Crippen molar-refractivity contribution in [1.82, 2.24) is 9.47 Å². The molecule has 0 spiro atoms. The summed E-state index contributed by atoms with van der Waals surface area (Å²) in [5.74, 6) is 0.301. The van der Waals surface area contributed by atoms with Gasteiger partial charge in [-0.3, -0.25) is 19.2 Å². The van der Waals surface area contributed by atoms with Gasteiger partial charge in [0.15, 0.2) is 0 Å². The first-order valence-corrected chi connectivity index (χ1v) is 15.3. The molecule has 230 valence electrons. The third-order valence-electron chi connectivity index (χ3n) is 9.07. The Hall–Kier alpha value is -4.60. The fourth-order valence-electron chi connectivity index (χ4n) is 6.84. The summed E-state index contributed by atoms with van der Waals surface area (Å²) in [4.78, 5) is 55.8. The second kappa shape index (κ2) is 12.6. The smallest absolute Gasteiger partial charge is 0.309 e. The second-order valence-electron chi connectivity index (χ2n) is 11.8. The molecule has 1 aromatic heterocycles. The molecule has 3 aliphatic heterocycles. The van der Waals surface area contributed by atoms with Crippen LogP contribution in [0.15, 0.2) is 65.5 Å². The number of esters is 1. The summed E-state index contributed by atoms with van der Waals surface area (Å²) >= 11 is 0. The van der Waals surface area contributed by atoms with Crippen LogP contribution in [0.1, 0.15) is 58.5 Å². The number of amides is 2. The quantitative estimate of drug-likeness (QED) is 0.407. The fraction of sp³-hybridized carbons (Fsp3) is 0.412. The highest BCUT2D eigenvalue weighted by Gasteiger charge is 2.36. The van der Waals surface area contributed by atoms with Crippen LogP contribution in [0.5, 0.6) is 5.75 Å². The van der Waals surface area contributed by atoms with Gasteiger partial charge in [0.25, 0.3) is 17.4 Å². The number of methoxy groups -OCH3 is 1. The van der Waals surface area contributed by atoms with Gasteiger partial charge in [-0.2, -0.15) is 0 Å². The van der Waals surface area contributed by atoms with Crippen molar-refractivity contribution in [3.05, 3.63) is 87.8 Å². The van der Waals surface area contributed by atoms with E-state index in [0.29, 0.717) is 68.2 Å². The molecule has 3 aromatic rings. The van der Waals surface area contributed by atoms with Gasteiger partial charge in [-0.1, -0.05) is 6.07 Å². The van der Waals surface area contributed by atoms with Gasteiger partial charge in [0, 0.05) is 61.5 Å². The molecule has 2 saturated heterocycles. The number of hydrogen-bond acceptors (Lipinski definition) is 7. The van der Waals surface area contributed by atoms with E-state index in [9.17, 15) is 19.2 Å². The number of anilines is 2. The van der Waals surface area contributed by atoms with Crippen molar-refractivity contribution < 1.29 is 23.9 Å². The van der Waals surface area contributed by atoms with Crippen LogP contribution < -0.4 is 20.5 Å². The Morgan fingerprint density at radius 2 is 1.68 bits per heavy atom. The van der Waals surface area contributed by atoms with E-state index < -0.39 is 0 Å². The molecule has 2 aromatic carbocycles. The maximum Gasteiger partial charge on any atom is 0.309 e. The highest BCUT2D eigenvalue weighted by Crippen LogP contribution is 2.39. The van der Waals surface area contributed by atoms with Gasteiger partial charge in [-0.05, 0) is 80.6 Å². The van der Waals surface area contributed by atoms with Crippen molar-refractivity contribution in [2.24, 2.45) is 11.8 Å². The molecular weight excluding hydrogens is 560 g/mol. The average Bonchev–Trinajstić information content (AvgIpc) is 3.05. The molecule has 1 N–H and O–H groups in total. The lowest BCUT2D eigenvalue weighted by molar-refractivity contribution is -0.149. The van der Waals surface area contributed by atoms with Gasteiger partial charge in [-0.15, -0.1) is 0 Å². The molecule has 6 rings (SSSR count). The van der Waals surface area contributed by atoms with Gasteiger partial charge in [-0.25, -0.2) is 0 Å². The van der Waals surface area contributed by atoms with Crippen LogP contribution in [0.3, 0.4) is 0 Å². The van der Waals surface area contributed by atoms with E-state index in [1.165, 1.54) is 0 Å². The largest absolute Gasteiger partial charge is 0.497 e. The van der Waals surface area contributed by atoms with Crippen molar-refractivity contribution in [3.8, 4) is 5.75 Å². The van der Waals surface area contributed by atoms with Crippen LogP contribution in [0.2, 0.25) is 0 Å². The average molecular weight is 599 g/mol. The van der Waals surface area contributed by atoms with Crippen LogP contribution in [0, 0.1) is 11.8 Å². The molecule has 2 fully saturated rings. The number of aromatic nitrogens is 1. The minimum absolute atomic E-state index is 0.0345. The highest BCUT2D eigenvalue weighted by atomic mass is 16.5. The van der Waals surface area contributed by atoms with E-state index in [1.807, 2.05) is 28.8 Å². The summed E-state index contributed by atoms with van der Waals surface area (Å²) in [6.45, 7) is 5.16. The minimum Gasteiger partial charge on any atom is -0.497 e. The first kappa shape index (κ1) is 29.5. The van der Waals surface area contributed by atoms with Crippen LogP contribution in [0.4, 0.5) is 11.4 Å². The van der Waals surface area contributed by atoms with Crippen molar-refractivity contribution >= 4 is 29.2 Å². The Labute approximate surface area is 256 Å². The molecule has 3 aliphatic rings. The zero-order valence-electron chi connectivity index (χ0n) is 25.2. The van der Waals surface area contributed by atoms with Crippen molar-refractivity contribution in [3.63, 3.8) is 0 Å². The number of nitrogens with one attached hydrogen (secondary N) is 1. The van der Waals surface area contributed by atoms with Crippen LogP contribution >= 0.6 is 0 Å². The number of likely N-dealkylation sites (tertiary alicyclic amines) is 1. The number of piperidine rings is 2. The lowest BCUT2D eigenvalue weighted by atomic mass is 9.83. The van der Waals surface area contributed by atoms with Gasteiger partial charge in [0.05, 0.1) is 31.0 Å². The molecule has 10 heteroatoms. The molecule has 0 radical (unpaired) electrons. The SMILES string of the molecule is CCOC(=O)C1CCN(C(=O)c2ccc(N3CC4CC(C3)c3cccc(=O)n3C4)c(NC(=O)c3ccc(OC)cc3)c2)CC1. The lowest BCUT2D eigenvalue weighted by Crippen LogP contribution is -2.47.